The summed E-state index contributed by atoms with van der Waals surface area (Å²) in [5.74, 6) is -1.09. The van der Waals surface area contributed by atoms with Gasteiger partial charge in [0.25, 0.3) is 0 Å². The van der Waals surface area contributed by atoms with Crippen LogP contribution >= 0.6 is 0 Å². The minimum absolute atomic E-state index is 0.0495. The molecule has 1 aliphatic heterocycles. The predicted octanol–water partition coefficient (Wildman–Crippen LogP) is -0.841. The number of amides is 1. The van der Waals surface area contributed by atoms with Gasteiger partial charge in [0.15, 0.2) is 15.7 Å². The van der Waals surface area contributed by atoms with Gasteiger partial charge in [-0.1, -0.05) is 5.16 Å². The Bertz CT molecular complexity index is 418. The lowest BCUT2D eigenvalue weighted by atomic mass is 10.0. The van der Waals surface area contributed by atoms with E-state index in [1.54, 1.807) is 0 Å². The zero-order valence-electron chi connectivity index (χ0n) is 9.66. The Kier molecular flexibility index (Phi) is 4.33. The van der Waals surface area contributed by atoms with Gasteiger partial charge in [-0.25, -0.2) is 8.42 Å². The number of carbonyl (C=O) groups is 1. The normalized spacial score (nSPS) is 22.5. The molecule has 0 aromatic heterocycles. The maximum absolute atomic E-state index is 11.8. The van der Waals surface area contributed by atoms with Crippen LogP contribution in [0.2, 0.25) is 0 Å². The number of likely N-dealkylation sites (tertiary alicyclic amines) is 1. The fourth-order valence-electron chi connectivity index (χ4n) is 1.91. The highest BCUT2D eigenvalue weighted by molar-refractivity contribution is 7.91. The molecule has 7 nitrogen and oxygen atoms in total. The zero-order valence-corrected chi connectivity index (χ0v) is 10.5. The van der Waals surface area contributed by atoms with Crippen molar-refractivity contribution in [3.8, 4) is 0 Å². The molecule has 0 radical (unpaired) electrons. The molecule has 1 unspecified atom stereocenters. The molecule has 8 heteroatoms. The van der Waals surface area contributed by atoms with Gasteiger partial charge in [0.2, 0.25) is 5.91 Å². The SMILES string of the molecule is CS(=O)(=O)CC(=O)N1CCCCC1C(N)=NO. The number of nitrogens with zero attached hydrogens (tertiary/aromatic N) is 2. The molecule has 1 aliphatic rings. The van der Waals surface area contributed by atoms with E-state index in [-0.39, 0.29) is 5.84 Å². The van der Waals surface area contributed by atoms with E-state index >= 15 is 0 Å². The van der Waals surface area contributed by atoms with Gasteiger partial charge in [-0.15, -0.1) is 0 Å². The Labute approximate surface area is 100 Å². The molecule has 98 valence electrons. The third-order valence-corrected chi connectivity index (χ3v) is 3.44. The quantitative estimate of drug-likeness (QED) is 0.298. The molecular formula is C9H17N3O4S. The van der Waals surface area contributed by atoms with Crippen LogP contribution in [0.4, 0.5) is 0 Å². The van der Waals surface area contributed by atoms with E-state index in [1.807, 2.05) is 0 Å². The number of sulfone groups is 1. The van der Waals surface area contributed by atoms with E-state index in [0.717, 1.165) is 19.1 Å². The van der Waals surface area contributed by atoms with E-state index < -0.39 is 27.5 Å². The first-order valence-corrected chi connectivity index (χ1v) is 7.36. The fourth-order valence-corrected chi connectivity index (χ4v) is 2.53. The third kappa shape index (κ3) is 3.88. The topological polar surface area (TPSA) is 113 Å². The number of amidine groups is 1. The van der Waals surface area contributed by atoms with Crippen molar-refractivity contribution in [2.45, 2.75) is 25.3 Å². The van der Waals surface area contributed by atoms with Crippen LogP contribution < -0.4 is 5.73 Å². The zero-order chi connectivity index (χ0) is 13.1. The molecule has 0 saturated carbocycles. The molecule has 0 bridgehead atoms. The van der Waals surface area contributed by atoms with Crippen molar-refractivity contribution in [1.82, 2.24) is 4.90 Å². The largest absolute Gasteiger partial charge is 0.409 e. The molecule has 1 atom stereocenters. The van der Waals surface area contributed by atoms with Crippen LogP contribution in [0.15, 0.2) is 5.16 Å². The predicted molar refractivity (Wildman–Crippen MR) is 62.5 cm³/mol. The summed E-state index contributed by atoms with van der Waals surface area (Å²) in [7, 11) is -3.36. The van der Waals surface area contributed by atoms with Crippen molar-refractivity contribution in [1.29, 1.82) is 0 Å². The van der Waals surface area contributed by atoms with Gasteiger partial charge in [0.05, 0.1) is 6.04 Å². The van der Waals surface area contributed by atoms with Gasteiger partial charge in [-0.3, -0.25) is 4.79 Å². The second-order valence-electron chi connectivity index (χ2n) is 4.19. The van der Waals surface area contributed by atoms with Gasteiger partial charge in [0, 0.05) is 12.8 Å². The number of rotatable bonds is 3. The van der Waals surface area contributed by atoms with Crippen molar-refractivity contribution >= 4 is 21.6 Å². The molecular weight excluding hydrogens is 246 g/mol. The lowest BCUT2D eigenvalue weighted by Gasteiger charge is -2.34. The Morgan fingerprint density at radius 2 is 2.18 bits per heavy atom. The van der Waals surface area contributed by atoms with Crippen LogP contribution in [0.3, 0.4) is 0 Å². The van der Waals surface area contributed by atoms with E-state index in [2.05, 4.69) is 5.16 Å². The van der Waals surface area contributed by atoms with Crippen molar-refractivity contribution in [3.63, 3.8) is 0 Å². The lowest BCUT2D eigenvalue weighted by molar-refractivity contribution is -0.130. The second kappa shape index (κ2) is 5.35. The molecule has 0 aliphatic carbocycles. The number of hydrogen-bond acceptors (Lipinski definition) is 5. The summed E-state index contributed by atoms with van der Waals surface area (Å²) in [5.41, 5.74) is 5.50. The van der Waals surface area contributed by atoms with Gasteiger partial charge < -0.3 is 15.8 Å². The van der Waals surface area contributed by atoms with Crippen LogP contribution in [-0.2, 0) is 14.6 Å². The van der Waals surface area contributed by atoms with Crippen LogP contribution in [0, 0.1) is 0 Å². The fraction of sp³-hybridized carbons (Fsp3) is 0.778. The first-order chi connectivity index (χ1) is 7.85. The van der Waals surface area contributed by atoms with E-state index in [0.29, 0.717) is 13.0 Å². The molecule has 0 spiro atoms. The first-order valence-electron chi connectivity index (χ1n) is 5.30. The average molecular weight is 263 g/mol. The highest BCUT2D eigenvalue weighted by Gasteiger charge is 2.31. The molecule has 0 aromatic rings. The summed E-state index contributed by atoms with van der Waals surface area (Å²) in [6.45, 7) is 0.440. The van der Waals surface area contributed by atoms with Gasteiger partial charge in [-0.05, 0) is 19.3 Å². The van der Waals surface area contributed by atoms with Crippen LogP contribution in [0.5, 0.6) is 0 Å². The molecule has 3 N–H and O–H groups in total. The highest BCUT2D eigenvalue weighted by Crippen LogP contribution is 2.17. The smallest absolute Gasteiger partial charge is 0.238 e. The average Bonchev–Trinajstić information content (AvgIpc) is 2.25. The van der Waals surface area contributed by atoms with Gasteiger partial charge >= 0.3 is 0 Å². The maximum atomic E-state index is 11.8. The number of hydrogen-bond donors (Lipinski definition) is 2. The summed E-state index contributed by atoms with van der Waals surface area (Å²) in [6.07, 6.45) is 3.26. The minimum Gasteiger partial charge on any atom is -0.409 e. The lowest BCUT2D eigenvalue weighted by Crippen LogP contribution is -2.52. The standard InChI is InChI=1S/C9H17N3O4S/c1-17(15,16)6-8(13)12-5-3-2-4-7(12)9(10)11-14/h7,14H,2-6H2,1H3,(H2,10,11). The first kappa shape index (κ1) is 13.8. The summed E-state index contributed by atoms with van der Waals surface area (Å²) >= 11 is 0. The molecule has 1 rings (SSSR count). The highest BCUT2D eigenvalue weighted by atomic mass is 32.2. The molecule has 1 heterocycles. The molecule has 17 heavy (non-hydrogen) atoms. The molecule has 1 fully saturated rings. The van der Waals surface area contributed by atoms with Crippen molar-refractivity contribution in [2.75, 3.05) is 18.6 Å². The summed E-state index contributed by atoms with van der Waals surface area (Å²) < 4.78 is 22.1. The van der Waals surface area contributed by atoms with Gasteiger partial charge in [-0.2, -0.15) is 0 Å². The molecule has 0 aromatic carbocycles. The van der Waals surface area contributed by atoms with E-state index in [4.69, 9.17) is 10.9 Å². The molecule has 1 saturated heterocycles. The van der Waals surface area contributed by atoms with Crippen molar-refractivity contribution in [3.05, 3.63) is 0 Å². The Morgan fingerprint density at radius 1 is 1.53 bits per heavy atom. The van der Waals surface area contributed by atoms with Crippen LogP contribution in [0.1, 0.15) is 19.3 Å². The number of nitrogens with two attached hydrogens (primary N) is 1. The van der Waals surface area contributed by atoms with Gasteiger partial charge in [0.1, 0.15) is 5.75 Å². The van der Waals surface area contributed by atoms with E-state index in [1.165, 1.54) is 4.90 Å². The van der Waals surface area contributed by atoms with E-state index in [9.17, 15) is 13.2 Å². The Balaban J connectivity index is 2.82. The van der Waals surface area contributed by atoms with Crippen molar-refractivity contribution in [2.24, 2.45) is 10.9 Å². The summed E-state index contributed by atoms with van der Waals surface area (Å²) in [5, 5.41) is 11.5. The van der Waals surface area contributed by atoms with Crippen LogP contribution in [0.25, 0.3) is 0 Å². The monoisotopic (exact) mass is 263 g/mol. The number of carbonyl (C=O) groups excluding carboxylic acids is 1. The Morgan fingerprint density at radius 3 is 2.71 bits per heavy atom. The third-order valence-electron chi connectivity index (χ3n) is 2.67. The Hall–Kier alpha value is -1.31. The number of oxime groups is 1. The summed E-state index contributed by atoms with van der Waals surface area (Å²) in [4.78, 5) is 13.2. The van der Waals surface area contributed by atoms with Crippen molar-refractivity contribution < 1.29 is 18.4 Å². The summed E-state index contributed by atoms with van der Waals surface area (Å²) in [6, 6.07) is -0.497. The second-order valence-corrected chi connectivity index (χ2v) is 6.33. The number of piperidine rings is 1. The maximum Gasteiger partial charge on any atom is 0.238 e. The van der Waals surface area contributed by atoms with Crippen LogP contribution in [-0.4, -0.2) is 54.9 Å². The minimum atomic E-state index is -3.36. The molecule has 1 amide bonds.